The molecule has 4 saturated heterocycles. The second kappa shape index (κ2) is 24.2. The maximum atomic E-state index is 14.3. The van der Waals surface area contributed by atoms with Crippen LogP contribution in [0.3, 0.4) is 0 Å². The third kappa shape index (κ3) is 13.8. The lowest BCUT2D eigenvalue weighted by atomic mass is 9.71. The highest BCUT2D eigenvalue weighted by molar-refractivity contribution is 7.99. The first-order valence-corrected chi connectivity index (χ1v) is 29.5. The molecule has 4 atom stereocenters. The number of alkyl halides is 3. The highest BCUT2D eigenvalue weighted by Gasteiger charge is 2.49. The Hall–Kier alpha value is -3.89. The van der Waals surface area contributed by atoms with Crippen LogP contribution in [0.4, 0.5) is 24.5 Å². The Morgan fingerprint density at radius 1 is 0.865 bits per heavy atom. The van der Waals surface area contributed by atoms with Crippen LogP contribution in [-0.2, 0) is 24.6 Å². The normalized spacial score (nSPS) is 22.8. The Balaban J connectivity index is 0.00000729. The molecule has 1 amide bonds. The molecule has 4 aromatic carbocycles. The van der Waals surface area contributed by atoms with Crippen molar-refractivity contribution in [3.05, 3.63) is 119 Å². The van der Waals surface area contributed by atoms with Gasteiger partial charge in [-0.25, -0.2) is 21.6 Å². The van der Waals surface area contributed by atoms with Gasteiger partial charge in [-0.3, -0.25) is 9.69 Å². The van der Waals surface area contributed by atoms with Gasteiger partial charge in [0.2, 0.25) is 0 Å². The number of ether oxygens (including phenoxy) is 1. The summed E-state index contributed by atoms with van der Waals surface area (Å²) in [6.45, 7) is 15.3. The summed E-state index contributed by atoms with van der Waals surface area (Å²) in [5.74, 6) is 0.210. The van der Waals surface area contributed by atoms with Gasteiger partial charge in [-0.2, -0.15) is 13.2 Å². The molecule has 21 heteroatoms. The van der Waals surface area contributed by atoms with Crippen LogP contribution in [0.1, 0.15) is 48.5 Å². The lowest BCUT2D eigenvalue weighted by Gasteiger charge is -2.43. The zero-order valence-electron chi connectivity index (χ0n) is 41.5. The molecule has 3 N–H and O–H groups in total. The van der Waals surface area contributed by atoms with E-state index in [0.29, 0.717) is 49.8 Å². The molecule has 0 radical (unpaired) electrons. The van der Waals surface area contributed by atoms with Crippen molar-refractivity contribution >= 4 is 78.5 Å². The Morgan fingerprint density at radius 2 is 1.54 bits per heavy atom. The molecule has 0 saturated carbocycles. The number of fused-ring (bicyclic) bond motifs is 1. The number of nitrogens with one attached hydrogen (secondary N) is 3. The number of sulfonamides is 1. The number of hydrogen-bond donors (Lipinski definition) is 3. The standard InChI is InChI=1S/C53H65ClF3N7O6S3.ClH/c1-52(37-62-23-20-58-21-24-62)19-17-48(38-7-11-43(54)12-8-38)40(30-52)31-61-25-27-64(28-26-61)45-13-9-39(10-14-45)51(65)60-73(68,69)47-15-16-49(50(29-47)72(66,67)53(55,56)57)59-44(36-71-46-5-3-2-4-6-46)18-22-63-32-41-34-70-35-42(41)33-63;/h2-16,29,41-42,44,58-59H,17-28,30-37H2,1H3,(H,60,65);1H/t41-,42+,44-,52-;/m1./s1. The fourth-order valence-corrected chi connectivity index (χ4v) is 14.2. The first-order chi connectivity index (χ1) is 34.9. The van der Waals surface area contributed by atoms with Gasteiger partial charge in [0.25, 0.3) is 25.8 Å². The van der Waals surface area contributed by atoms with Gasteiger partial charge in [-0.05, 0) is 109 Å². The summed E-state index contributed by atoms with van der Waals surface area (Å²) in [7, 11) is -10.9. The van der Waals surface area contributed by atoms with Crippen molar-refractivity contribution in [1.82, 2.24) is 24.7 Å². The summed E-state index contributed by atoms with van der Waals surface area (Å²) in [6, 6.07) is 26.1. The molecular formula is C53H66Cl2F3N7O6S3. The number of nitrogens with zero attached hydrogens (tertiary/aromatic N) is 4. The van der Waals surface area contributed by atoms with Gasteiger partial charge < -0.3 is 30.1 Å². The molecule has 1 aliphatic carbocycles. The minimum Gasteiger partial charge on any atom is -0.381 e. The van der Waals surface area contributed by atoms with Crippen molar-refractivity contribution in [2.24, 2.45) is 17.3 Å². The first kappa shape index (κ1) is 56.3. The van der Waals surface area contributed by atoms with Gasteiger partial charge in [-0.15, -0.1) is 24.2 Å². The molecule has 4 fully saturated rings. The van der Waals surface area contributed by atoms with E-state index in [1.807, 2.05) is 47.2 Å². The number of sulfone groups is 1. The van der Waals surface area contributed by atoms with Crippen LogP contribution < -0.4 is 20.3 Å². The van der Waals surface area contributed by atoms with Gasteiger partial charge >= 0.3 is 5.51 Å². The Bertz CT molecular complexity index is 2810. The maximum Gasteiger partial charge on any atom is 0.501 e. The van der Waals surface area contributed by atoms with Crippen LogP contribution in [-0.4, -0.2) is 153 Å². The van der Waals surface area contributed by atoms with E-state index in [2.05, 4.69) is 49.3 Å². The van der Waals surface area contributed by atoms with Crippen LogP contribution in [0.5, 0.6) is 0 Å². The van der Waals surface area contributed by atoms with Crippen molar-refractivity contribution in [2.75, 3.05) is 114 Å². The van der Waals surface area contributed by atoms with E-state index < -0.39 is 47.1 Å². The van der Waals surface area contributed by atoms with Crippen LogP contribution >= 0.6 is 35.8 Å². The fraction of sp³-hybridized carbons (Fsp3) is 0.491. The molecule has 13 nitrogen and oxygen atoms in total. The van der Waals surface area contributed by atoms with Gasteiger partial charge in [0.05, 0.1) is 23.8 Å². The molecular weight excluding hydrogens is 1050 g/mol. The van der Waals surface area contributed by atoms with Crippen LogP contribution in [0.25, 0.3) is 5.57 Å². The van der Waals surface area contributed by atoms with Crippen molar-refractivity contribution in [3.8, 4) is 0 Å². The quantitative estimate of drug-likeness (QED) is 0.0822. The van der Waals surface area contributed by atoms with Crippen LogP contribution in [0.15, 0.2) is 117 Å². The number of hydrogen-bond acceptors (Lipinski definition) is 13. The van der Waals surface area contributed by atoms with Crippen LogP contribution in [0.2, 0.25) is 5.02 Å². The fourth-order valence-electron chi connectivity index (χ4n) is 11.1. The summed E-state index contributed by atoms with van der Waals surface area (Å²) < 4.78 is 104. The van der Waals surface area contributed by atoms with Gasteiger partial charge in [0.15, 0.2) is 0 Å². The third-order valence-electron chi connectivity index (χ3n) is 15.1. The van der Waals surface area contributed by atoms with E-state index in [1.165, 1.54) is 40.6 Å². The molecule has 0 spiro atoms. The van der Waals surface area contributed by atoms with Gasteiger partial charge in [-0.1, -0.05) is 54.4 Å². The number of benzene rings is 4. The molecule has 0 bridgehead atoms. The van der Waals surface area contributed by atoms with E-state index in [1.54, 1.807) is 12.1 Å². The summed E-state index contributed by atoms with van der Waals surface area (Å²) in [5.41, 5.74) is -0.993. The van der Waals surface area contributed by atoms with E-state index >= 15 is 0 Å². The zero-order chi connectivity index (χ0) is 51.4. The average Bonchev–Trinajstić information content (AvgIpc) is 3.99. The summed E-state index contributed by atoms with van der Waals surface area (Å²) in [6.07, 6.45) is 3.63. The molecule has 4 heterocycles. The molecule has 4 aromatic rings. The number of piperazine rings is 2. The molecule has 0 aromatic heterocycles. The van der Waals surface area contributed by atoms with E-state index in [9.17, 15) is 34.8 Å². The Morgan fingerprint density at radius 3 is 2.20 bits per heavy atom. The van der Waals surface area contributed by atoms with Crippen LogP contribution in [0, 0.1) is 17.3 Å². The Kier molecular flexibility index (Phi) is 18.4. The number of carbonyl (C=O) groups is 1. The summed E-state index contributed by atoms with van der Waals surface area (Å²) in [5, 5.41) is 7.23. The molecule has 402 valence electrons. The molecule has 4 aliphatic heterocycles. The summed E-state index contributed by atoms with van der Waals surface area (Å²) >= 11 is 7.76. The van der Waals surface area contributed by atoms with Crippen molar-refractivity contribution in [1.29, 1.82) is 0 Å². The van der Waals surface area contributed by atoms with E-state index in [4.69, 9.17) is 16.3 Å². The lowest BCUT2D eigenvalue weighted by Crippen LogP contribution is -2.49. The number of amides is 1. The minimum absolute atomic E-state index is 0. The molecule has 9 rings (SSSR count). The second-order valence-corrected chi connectivity index (χ2v) is 25.6. The first-order valence-electron chi connectivity index (χ1n) is 25.2. The molecule has 5 aliphatic rings. The third-order valence-corrected chi connectivity index (χ3v) is 19.4. The van der Waals surface area contributed by atoms with Crippen molar-refractivity contribution in [2.45, 2.75) is 58.8 Å². The van der Waals surface area contributed by atoms with E-state index in [-0.39, 0.29) is 29.1 Å². The van der Waals surface area contributed by atoms with E-state index in [0.717, 1.165) is 126 Å². The van der Waals surface area contributed by atoms with Gasteiger partial charge in [0, 0.05) is 130 Å². The SMILES string of the molecule is C[C@@]1(CN2CCNCC2)CCC(c2ccc(Cl)cc2)=C(CN2CCN(c3ccc(C(=O)NS(=O)(=O)c4ccc(N[C@H](CCN5C[C@H]6COC[C@H]6C5)CSc5ccccc5)c(S(=O)(=O)C(F)(F)F)c4)cc3)CC2)C1.Cl. The number of thioether (sulfide) groups is 1. The van der Waals surface area contributed by atoms with Crippen molar-refractivity contribution < 1.29 is 39.5 Å². The number of carbonyl (C=O) groups excluding carboxylic acids is 1. The second-order valence-electron chi connectivity index (χ2n) is 20.5. The minimum atomic E-state index is -6.06. The van der Waals surface area contributed by atoms with Crippen molar-refractivity contribution in [3.63, 3.8) is 0 Å². The summed E-state index contributed by atoms with van der Waals surface area (Å²) in [4.78, 5) is 22.0. The monoisotopic (exact) mass is 1120 g/mol. The Labute approximate surface area is 449 Å². The predicted octanol–water partition coefficient (Wildman–Crippen LogP) is 8.39. The number of halogens is 5. The number of rotatable bonds is 18. The lowest BCUT2D eigenvalue weighted by molar-refractivity contribution is -0.0435. The maximum absolute atomic E-state index is 14.3. The number of anilines is 2. The highest BCUT2D eigenvalue weighted by atomic mass is 35.5. The molecule has 0 unspecified atom stereocenters. The smallest absolute Gasteiger partial charge is 0.381 e. The average molecular weight is 1120 g/mol. The topological polar surface area (TPSA) is 144 Å². The number of allylic oxidation sites excluding steroid dienone is 1. The van der Waals surface area contributed by atoms with Gasteiger partial charge in [0.1, 0.15) is 4.90 Å². The predicted molar refractivity (Wildman–Crippen MR) is 290 cm³/mol. The number of likely N-dealkylation sites (tertiary alicyclic amines) is 1. The highest BCUT2D eigenvalue weighted by Crippen LogP contribution is 2.44. The molecule has 74 heavy (non-hydrogen) atoms. The zero-order valence-corrected chi connectivity index (χ0v) is 45.5. The largest absolute Gasteiger partial charge is 0.501 e.